The molecule has 1 aliphatic heterocycles. The Morgan fingerprint density at radius 3 is 2.62 bits per heavy atom. The molecule has 1 heterocycles. The lowest BCUT2D eigenvalue weighted by atomic mass is 10.1. The van der Waals surface area contributed by atoms with Gasteiger partial charge in [0.1, 0.15) is 6.10 Å². The molecule has 5 heteroatoms. The number of carbonyl (C=O) groups excluding carboxylic acids is 1. The van der Waals surface area contributed by atoms with Crippen LogP contribution in [0.4, 0.5) is 0 Å². The van der Waals surface area contributed by atoms with Crippen LogP contribution >= 0.6 is 0 Å². The fourth-order valence-electron chi connectivity index (χ4n) is 2.08. The van der Waals surface area contributed by atoms with E-state index in [-0.39, 0.29) is 24.5 Å². The summed E-state index contributed by atoms with van der Waals surface area (Å²) in [6.45, 7) is 0.630. The van der Waals surface area contributed by atoms with E-state index >= 15 is 0 Å². The SMILES string of the molecule is O=C(O)CC(NC(=O)[C@H]1CCCO1)C1CC1. The summed E-state index contributed by atoms with van der Waals surface area (Å²) in [5.74, 6) is -0.651. The molecule has 2 atom stereocenters. The van der Waals surface area contributed by atoms with Gasteiger partial charge in [-0.1, -0.05) is 0 Å². The van der Waals surface area contributed by atoms with Crippen molar-refractivity contribution in [1.29, 1.82) is 0 Å². The average Bonchev–Trinajstić information content (AvgIpc) is 2.91. The van der Waals surface area contributed by atoms with E-state index in [0.29, 0.717) is 12.5 Å². The van der Waals surface area contributed by atoms with Gasteiger partial charge in [0.05, 0.1) is 6.42 Å². The van der Waals surface area contributed by atoms with Crippen LogP contribution in [0.25, 0.3) is 0 Å². The minimum Gasteiger partial charge on any atom is -0.481 e. The molecule has 16 heavy (non-hydrogen) atoms. The minimum absolute atomic E-state index is 0.0170. The zero-order valence-corrected chi connectivity index (χ0v) is 9.15. The van der Waals surface area contributed by atoms with Crippen molar-refractivity contribution in [3.05, 3.63) is 0 Å². The zero-order chi connectivity index (χ0) is 11.5. The summed E-state index contributed by atoms with van der Waals surface area (Å²) in [7, 11) is 0. The van der Waals surface area contributed by atoms with Gasteiger partial charge >= 0.3 is 5.97 Å². The highest BCUT2D eigenvalue weighted by Gasteiger charge is 2.35. The van der Waals surface area contributed by atoms with Crippen molar-refractivity contribution in [2.75, 3.05) is 6.61 Å². The van der Waals surface area contributed by atoms with E-state index < -0.39 is 5.97 Å². The molecule has 1 aliphatic carbocycles. The predicted molar refractivity (Wildman–Crippen MR) is 55.9 cm³/mol. The maximum Gasteiger partial charge on any atom is 0.305 e. The molecule has 2 aliphatic rings. The van der Waals surface area contributed by atoms with Crippen LogP contribution in [0.2, 0.25) is 0 Å². The molecule has 1 unspecified atom stereocenters. The molecular formula is C11H17NO4. The van der Waals surface area contributed by atoms with Crippen LogP contribution in [0.1, 0.15) is 32.1 Å². The topological polar surface area (TPSA) is 75.6 Å². The Morgan fingerprint density at radius 1 is 1.38 bits per heavy atom. The van der Waals surface area contributed by atoms with E-state index in [2.05, 4.69) is 5.32 Å². The molecule has 2 rings (SSSR count). The molecule has 0 aromatic rings. The van der Waals surface area contributed by atoms with E-state index in [9.17, 15) is 9.59 Å². The maximum absolute atomic E-state index is 11.7. The standard InChI is InChI=1S/C11H17NO4/c13-10(14)6-8(7-3-4-7)12-11(15)9-2-1-5-16-9/h7-9H,1-6H2,(H,12,15)(H,13,14)/t8?,9-/m1/s1. The van der Waals surface area contributed by atoms with E-state index in [1.807, 2.05) is 0 Å². The maximum atomic E-state index is 11.7. The van der Waals surface area contributed by atoms with Crippen LogP contribution in [-0.4, -0.2) is 35.7 Å². The second-order valence-electron chi connectivity index (χ2n) is 4.55. The molecular weight excluding hydrogens is 210 g/mol. The van der Waals surface area contributed by atoms with Gasteiger partial charge in [-0.25, -0.2) is 0 Å². The number of nitrogens with one attached hydrogen (secondary N) is 1. The number of amides is 1. The van der Waals surface area contributed by atoms with E-state index in [0.717, 1.165) is 25.7 Å². The normalized spacial score (nSPS) is 26.4. The molecule has 0 spiro atoms. The van der Waals surface area contributed by atoms with Crippen molar-refractivity contribution >= 4 is 11.9 Å². The number of hydrogen-bond acceptors (Lipinski definition) is 3. The summed E-state index contributed by atoms with van der Waals surface area (Å²) in [6.07, 6.45) is 3.34. The Hall–Kier alpha value is -1.10. The van der Waals surface area contributed by atoms with Crippen LogP contribution in [-0.2, 0) is 14.3 Å². The molecule has 0 bridgehead atoms. The summed E-state index contributed by atoms with van der Waals surface area (Å²) in [4.78, 5) is 22.4. The summed E-state index contributed by atoms with van der Waals surface area (Å²) in [6, 6.07) is -0.214. The number of carboxylic acids is 1. The second-order valence-corrected chi connectivity index (χ2v) is 4.55. The third-order valence-electron chi connectivity index (χ3n) is 3.14. The Balaban J connectivity index is 1.84. The highest BCUT2D eigenvalue weighted by atomic mass is 16.5. The van der Waals surface area contributed by atoms with Crippen molar-refractivity contribution < 1.29 is 19.4 Å². The summed E-state index contributed by atoms with van der Waals surface area (Å²) < 4.78 is 5.26. The number of aliphatic carboxylic acids is 1. The molecule has 2 fully saturated rings. The fourth-order valence-corrected chi connectivity index (χ4v) is 2.08. The van der Waals surface area contributed by atoms with Gasteiger partial charge in [-0.15, -0.1) is 0 Å². The Morgan fingerprint density at radius 2 is 2.12 bits per heavy atom. The lowest BCUT2D eigenvalue weighted by Crippen LogP contribution is -2.43. The first kappa shape index (κ1) is 11.4. The van der Waals surface area contributed by atoms with Gasteiger partial charge < -0.3 is 15.2 Å². The first-order chi connectivity index (χ1) is 7.66. The Bertz CT molecular complexity index is 282. The van der Waals surface area contributed by atoms with Gasteiger partial charge in [0.15, 0.2) is 0 Å². The monoisotopic (exact) mass is 227 g/mol. The highest BCUT2D eigenvalue weighted by Crippen LogP contribution is 2.34. The number of carbonyl (C=O) groups is 2. The minimum atomic E-state index is -0.857. The van der Waals surface area contributed by atoms with Gasteiger partial charge in [-0.2, -0.15) is 0 Å². The second kappa shape index (κ2) is 4.82. The Labute approximate surface area is 94.2 Å². The molecule has 1 amide bonds. The van der Waals surface area contributed by atoms with Gasteiger partial charge in [-0.05, 0) is 31.6 Å². The first-order valence-corrected chi connectivity index (χ1v) is 5.80. The largest absolute Gasteiger partial charge is 0.481 e. The third kappa shape index (κ3) is 2.95. The smallest absolute Gasteiger partial charge is 0.305 e. The molecule has 0 aromatic heterocycles. The van der Waals surface area contributed by atoms with Crippen molar-refractivity contribution in [3.8, 4) is 0 Å². The number of ether oxygens (including phenoxy) is 1. The van der Waals surface area contributed by atoms with Gasteiger partial charge in [0.25, 0.3) is 0 Å². The molecule has 1 saturated carbocycles. The predicted octanol–water partition coefficient (Wildman–Crippen LogP) is 0.535. The van der Waals surface area contributed by atoms with Crippen molar-refractivity contribution in [2.24, 2.45) is 5.92 Å². The van der Waals surface area contributed by atoms with Crippen LogP contribution in [0.3, 0.4) is 0 Å². The van der Waals surface area contributed by atoms with Gasteiger partial charge in [-0.3, -0.25) is 9.59 Å². The van der Waals surface area contributed by atoms with Crippen LogP contribution < -0.4 is 5.32 Å². The molecule has 90 valence electrons. The van der Waals surface area contributed by atoms with Gasteiger partial charge in [0.2, 0.25) is 5.91 Å². The number of rotatable bonds is 5. The van der Waals surface area contributed by atoms with Crippen molar-refractivity contribution in [3.63, 3.8) is 0 Å². The lowest BCUT2D eigenvalue weighted by Gasteiger charge is -2.18. The van der Waals surface area contributed by atoms with Crippen molar-refractivity contribution in [1.82, 2.24) is 5.32 Å². The first-order valence-electron chi connectivity index (χ1n) is 5.80. The molecule has 2 N–H and O–H groups in total. The molecule has 0 radical (unpaired) electrons. The third-order valence-corrected chi connectivity index (χ3v) is 3.14. The summed E-state index contributed by atoms with van der Waals surface area (Å²) in [5, 5.41) is 11.6. The Kier molecular flexibility index (Phi) is 3.43. The van der Waals surface area contributed by atoms with E-state index in [1.54, 1.807) is 0 Å². The fraction of sp³-hybridized carbons (Fsp3) is 0.818. The van der Waals surface area contributed by atoms with Crippen molar-refractivity contribution in [2.45, 2.75) is 44.2 Å². The molecule has 5 nitrogen and oxygen atoms in total. The molecule has 0 aromatic carbocycles. The highest BCUT2D eigenvalue weighted by molar-refractivity contribution is 5.82. The number of carboxylic acid groups (broad SMARTS) is 1. The van der Waals surface area contributed by atoms with Crippen LogP contribution in [0, 0.1) is 5.92 Å². The average molecular weight is 227 g/mol. The van der Waals surface area contributed by atoms with Crippen LogP contribution in [0.15, 0.2) is 0 Å². The molecule has 1 saturated heterocycles. The quantitative estimate of drug-likeness (QED) is 0.718. The zero-order valence-electron chi connectivity index (χ0n) is 9.15. The van der Waals surface area contributed by atoms with Gasteiger partial charge in [0, 0.05) is 12.6 Å². The summed E-state index contributed by atoms with van der Waals surface area (Å²) >= 11 is 0. The number of hydrogen-bond donors (Lipinski definition) is 2. The van der Waals surface area contributed by atoms with E-state index in [4.69, 9.17) is 9.84 Å². The van der Waals surface area contributed by atoms with E-state index in [1.165, 1.54) is 0 Å². The van der Waals surface area contributed by atoms with Crippen LogP contribution in [0.5, 0.6) is 0 Å². The summed E-state index contributed by atoms with van der Waals surface area (Å²) in [5.41, 5.74) is 0. The lowest BCUT2D eigenvalue weighted by molar-refractivity contribution is -0.138.